The highest BCUT2D eigenvalue weighted by atomic mass is 16.6. The molecule has 1 aromatic heterocycles. The van der Waals surface area contributed by atoms with Gasteiger partial charge in [-0.15, -0.1) is 0 Å². The number of morpholine rings is 1. The normalized spacial score (nSPS) is 15.2. The standard InChI is InChI=1S/C24H34N4O6/c1-7-33-22(30)16(3)25-20(29)14-19-26-21-15(2)12-17(27-8-10-32-11-9-27)13-18(21)28(19)23(31)34-24(4,5)6/h12-13,16H,7-11,14H2,1-6H3,(H,25,29)/t16-/m0/s1. The van der Waals surface area contributed by atoms with E-state index in [1.807, 2.05) is 19.1 Å². The number of hydrogen-bond donors (Lipinski definition) is 1. The minimum Gasteiger partial charge on any atom is -0.464 e. The van der Waals surface area contributed by atoms with Gasteiger partial charge in [0.15, 0.2) is 0 Å². The van der Waals surface area contributed by atoms with Gasteiger partial charge in [0, 0.05) is 18.8 Å². The van der Waals surface area contributed by atoms with E-state index >= 15 is 0 Å². The van der Waals surface area contributed by atoms with E-state index in [1.165, 1.54) is 4.57 Å². The largest absolute Gasteiger partial charge is 0.464 e. The van der Waals surface area contributed by atoms with Gasteiger partial charge in [-0.2, -0.15) is 0 Å². The average Bonchev–Trinajstić information content (AvgIpc) is 3.11. The van der Waals surface area contributed by atoms with E-state index in [0.29, 0.717) is 24.2 Å². The first-order valence-corrected chi connectivity index (χ1v) is 11.5. The Morgan fingerprint density at radius 1 is 1.21 bits per heavy atom. The van der Waals surface area contributed by atoms with Crippen LogP contribution in [0.15, 0.2) is 12.1 Å². The summed E-state index contributed by atoms with van der Waals surface area (Å²) < 4.78 is 17.4. The molecule has 0 spiro atoms. The molecule has 0 saturated carbocycles. The highest BCUT2D eigenvalue weighted by molar-refractivity contribution is 5.93. The fourth-order valence-corrected chi connectivity index (χ4v) is 3.77. The fourth-order valence-electron chi connectivity index (χ4n) is 3.77. The van der Waals surface area contributed by atoms with Gasteiger partial charge in [0.25, 0.3) is 0 Å². The molecule has 0 bridgehead atoms. The monoisotopic (exact) mass is 474 g/mol. The number of carbonyl (C=O) groups excluding carboxylic acids is 3. The summed E-state index contributed by atoms with van der Waals surface area (Å²) >= 11 is 0. The van der Waals surface area contributed by atoms with Gasteiger partial charge in [0.2, 0.25) is 5.91 Å². The number of amides is 1. The number of nitrogens with one attached hydrogen (secondary N) is 1. The van der Waals surface area contributed by atoms with Crippen LogP contribution in [0, 0.1) is 6.92 Å². The molecule has 186 valence electrons. The molecular formula is C24H34N4O6. The molecular weight excluding hydrogens is 440 g/mol. The third kappa shape index (κ3) is 6.05. The number of esters is 1. The van der Waals surface area contributed by atoms with Gasteiger partial charge in [-0.25, -0.2) is 19.1 Å². The average molecular weight is 475 g/mol. The van der Waals surface area contributed by atoms with E-state index in [-0.39, 0.29) is 18.9 Å². The predicted molar refractivity (Wildman–Crippen MR) is 127 cm³/mol. The molecule has 10 nitrogen and oxygen atoms in total. The molecule has 0 radical (unpaired) electrons. The second-order valence-electron chi connectivity index (χ2n) is 9.29. The number of benzene rings is 1. The topological polar surface area (TPSA) is 112 Å². The molecule has 1 aliphatic rings. The van der Waals surface area contributed by atoms with Crippen LogP contribution in [0.3, 0.4) is 0 Å². The van der Waals surface area contributed by atoms with Crippen LogP contribution in [0.4, 0.5) is 10.5 Å². The van der Waals surface area contributed by atoms with Crippen molar-refractivity contribution < 1.29 is 28.6 Å². The highest BCUT2D eigenvalue weighted by Crippen LogP contribution is 2.28. The van der Waals surface area contributed by atoms with E-state index in [1.54, 1.807) is 34.6 Å². The quantitative estimate of drug-likeness (QED) is 0.636. The van der Waals surface area contributed by atoms with E-state index in [0.717, 1.165) is 24.3 Å². The Morgan fingerprint density at radius 3 is 2.50 bits per heavy atom. The third-order valence-electron chi connectivity index (χ3n) is 5.29. The van der Waals surface area contributed by atoms with Crippen LogP contribution in [0.25, 0.3) is 11.0 Å². The van der Waals surface area contributed by atoms with Crippen LogP contribution in [-0.2, 0) is 30.2 Å². The van der Waals surface area contributed by atoms with Crippen molar-refractivity contribution in [2.75, 3.05) is 37.8 Å². The number of aryl methyl sites for hydroxylation is 1. The van der Waals surface area contributed by atoms with Crippen molar-refractivity contribution in [2.24, 2.45) is 0 Å². The van der Waals surface area contributed by atoms with Crippen molar-refractivity contribution in [3.8, 4) is 0 Å². The Bertz CT molecular complexity index is 1070. The molecule has 1 N–H and O–H groups in total. The fraction of sp³-hybridized carbons (Fsp3) is 0.583. The Kier molecular flexibility index (Phi) is 7.81. The highest BCUT2D eigenvalue weighted by Gasteiger charge is 2.27. The maximum absolute atomic E-state index is 13.2. The molecule has 1 aliphatic heterocycles. The van der Waals surface area contributed by atoms with E-state index in [9.17, 15) is 14.4 Å². The number of imidazole rings is 1. The third-order valence-corrected chi connectivity index (χ3v) is 5.29. The minimum absolute atomic E-state index is 0.204. The number of rotatable bonds is 6. The van der Waals surface area contributed by atoms with E-state index in [4.69, 9.17) is 14.2 Å². The van der Waals surface area contributed by atoms with Gasteiger partial charge in [-0.3, -0.25) is 4.79 Å². The minimum atomic E-state index is -0.818. The summed E-state index contributed by atoms with van der Waals surface area (Å²) in [6.45, 7) is 13.5. The molecule has 2 aromatic rings. The summed E-state index contributed by atoms with van der Waals surface area (Å²) in [6, 6.07) is 3.10. The zero-order valence-electron chi connectivity index (χ0n) is 20.8. The van der Waals surface area contributed by atoms with Crippen LogP contribution in [-0.4, -0.2) is 72.1 Å². The number of anilines is 1. The SMILES string of the molecule is CCOC(=O)[C@H](C)NC(=O)Cc1nc2c(C)cc(N3CCOCC3)cc2n1C(=O)OC(C)(C)C. The van der Waals surface area contributed by atoms with Crippen molar-refractivity contribution in [3.05, 3.63) is 23.5 Å². The van der Waals surface area contributed by atoms with Gasteiger partial charge in [0.1, 0.15) is 17.5 Å². The Hall–Kier alpha value is -3.14. The Morgan fingerprint density at radius 2 is 1.88 bits per heavy atom. The summed E-state index contributed by atoms with van der Waals surface area (Å²) in [5.41, 5.74) is 2.27. The van der Waals surface area contributed by atoms with Crippen LogP contribution in [0.2, 0.25) is 0 Å². The van der Waals surface area contributed by atoms with Crippen molar-refractivity contribution in [1.82, 2.24) is 14.9 Å². The second kappa shape index (κ2) is 10.4. The Balaban J connectivity index is 1.99. The van der Waals surface area contributed by atoms with Gasteiger partial charge in [-0.05, 0) is 59.2 Å². The molecule has 10 heteroatoms. The van der Waals surface area contributed by atoms with Crippen LogP contribution in [0.5, 0.6) is 0 Å². The first-order chi connectivity index (χ1) is 16.0. The number of ether oxygens (including phenoxy) is 3. The molecule has 3 rings (SSSR count). The lowest BCUT2D eigenvalue weighted by Gasteiger charge is -2.29. The first kappa shape index (κ1) is 25.5. The summed E-state index contributed by atoms with van der Waals surface area (Å²) in [6.07, 6.45) is -0.820. The molecule has 1 aromatic carbocycles. The number of aromatic nitrogens is 2. The van der Waals surface area contributed by atoms with E-state index < -0.39 is 29.6 Å². The summed E-state index contributed by atoms with van der Waals surface area (Å²) in [5.74, 6) is -0.741. The van der Waals surface area contributed by atoms with Gasteiger partial charge in [0.05, 0.1) is 37.3 Å². The lowest BCUT2D eigenvalue weighted by Crippen LogP contribution is -2.40. The molecule has 34 heavy (non-hydrogen) atoms. The number of fused-ring (bicyclic) bond motifs is 1. The molecule has 1 amide bonds. The summed E-state index contributed by atoms with van der Waals surface area (Å²) in [4.78, 5) is 44.6. The van der Waals surface area contributed by atoms with Crippen molar-refractivity contribution in [2.45, 2.75) is 59.6 Å². The molecule has 2 heterocycles. The Labute approximate surface area is 199 Å². The number of nitrogens with zero attached hydrogens (tertiary/aromatic N) is 3. The van der Waals surface area contributed by atoms with Crippen molar-refractivity contribution in [3.63, 3.8) is 0 Å². The van der Waals surface area contributed by atoms with Crippen LogP contribution < -0.4 is 10.2 Å². The molecule has 0 aliphatic carbocycles. The molecule has 1 atom stereocenters. The van der Waals surface area contributed by atoms with Gasteiger partial charge in [-0.1, -0.05) is 0 Å². The molecule has 1 saturated heterocycles. The van der Waals surface area contributed by atoms with Crippen molar-refractivity contribution in [1.29, 1.82) is 0 Å². The summed E-state index contributed by atoms with van der Waals surface area (Å²) in [5, 5.41) is 2.61. The second-order valence-corrected chi connectivity index (χ2v) is 9.29. The van der Waals surface area contributed by atoms with Crippen molar-refractivity contribution >= 4 is 34.7 Å². The van der Waals surface area contributed by atoms with Gasteiger partial charge >= 0.3 is 12.1 Å². The zero-order valence-corrected chi connectivity index (χ0v) is 20.8. The lowest BCUT2D eigenvalue weighted by atomic mass is 10.1. The lowest BCUT2D eigenvalue weighted by molar-refractivity contribution is -0.146. The predicted octanol–water partition coefficient (Wildman–Crippen LogP) is 2.57. The van der Waals surface area contributed by atoms with E-state index in [2.05, 4.69) is 15.2 Å². The smallest absolute Gasteiger partial charge is 0.420 e. The molecule has 0 unspecified atom stereocenters. The van der Waals surface area contributed by atoms with Crippen LogP contribution >= 0.6 is 0 Å². The zero-order chi connectivity index (χ0) is 25.0. The summed E-state index contributed by atoms with van der Waals surface area (Å²) in [7, 11) is 0. The number of hydrogen-bond acceptors (Lipinski definition) is 8. The van der Waals surface area contributed by atoms with Crippen LogP contribution in [0.1, 0.15) is 46.0 Å². The maximum Gasteiger partial charge on any atom is 0.420 e. The number of carbonyl (C=O) groups is 3. The van der Waals surface area contributed by atoms with Gasteiger partial charge < -0.3 is 24.4 Å². The first-order valence-electron chi connectivity index (χ1n) is 11.5. The molecule has 1 fully saturated rings. The maximum atomic E-state index is 13.2.